The van der Waals surface area contributed by atoms with Gasteiger partial charge in [0.25, 0.3) is 0 Å². The molecule has 1 aliphatic rings. The number of hydrogen-bond acceptors (Lipinski definition) is 1. The Labute approximate surface area is 81.4 Å². The van der Waals surface area contributed by atoms with E-state index < -0.39 is 0 Å². The van der Waals surface area contributed by atoms with Crippen molar-refractivity contribution in [2.75, 3.05) is 20.6 Å². The first-order valence-corrected chi connectivity index (χ1v) is 4.93. The van der Waals surface area contributed by atoms with Crippen LogP contribution in [0.15, 0.2) is 36.0 Å². The molecule has 0 N–H and O–H groups in total. The van der Waals surface area contributed by atoms with Crippen molar-refractivity contribution >= 4 is 0 Å². The standard InChI is InChI=1S/C12H19N/c1-4-7-11-8-5-6-9-12(11)10-13(2)3/h5-9,12H,4,10H2,1-3H3/b11-7-. The molecule has 13 heavy (non-hydrogen) atoms. The van der Waals surface area contributed by atoms with Gasteiger partial charge in [0.1, 0.15) is 0 Å². The summed E-state index contributed by atoms with van der Waals surface area (Å²) >= 11 is 0. The van der Waals surface area contributed by atoms with Gasteiger partial charge in [-0.2, -0.15) is 0 Å². The molecule has 72 valence electrons. The van der Waals surface area contributed by atoms with Crippen molar-refractivity contribution in [1.82, 2.24) is 4.90 Å². The molecule has 0 radical (unpaired) electrons. The van der Waals surface area contributed by atoms with Crippen molar-refractivity contribution in [3.05, 3.63) is 36.0 Å². The Morgan fingerprint density at radius 3 is 2.77 bits per heavy atom. The highest BCUT2D eigenvalue weighted by molar-refractivity contribution is 5.33. The first-order valence-electron chi connectivity index (χ1n) is 4.93. The number of allylic oxidation sites excluding steroid dienone is 4. The minimum absolute atomic E-state index is 0.583. The first kappa shape index (κ1) is 10.3. The van der Waals surface area contributed by atoms with Gasteiger partial charge in [-0.05, 0) is 26.1 Å². The van der Waals surface area contributed by atoms with E-state index in [0.29, 0.717) is 5.92 Å². The smallest absolute Gasteiger partial charge is 0.0145 e. The average molecular weight is 177 g/mol. The molecular formula is C12H19N. The van der Waals surface area contributed by atoms with E-state index >= 15 is 0 Å². The fourth-order valence-corrected chi connectivity index (χ4v) is 1.61. The third kappa shape index (κ3) is 3.19. The molecule has 1 rings (SSSR count). The summed E-state index contributed by atoms with van der Waals surface area (Å²) in [5, 5.41) is 0. The summed E-state index contributed by atoms with van der Waals surface area (Å²) < 4.78 is 0. The summed E-state index contributed by atoms with van der Waals surface area (Å²) in [6, 6.07) is 0. The van der Waals surface area contributed by atoms with Crippen LogP contribution in [0.5, 0.6) is 0 Å². The average Bonchev–Trinajstić information content (AvgIpc) is 2.08. The van der Waals surface area contributed by atoms with Gasteiger partial charge >= 0.3 is 0 Å². The molecule has 0 aliphatic heterocycles. The minimum atomic E-state index is 0.583. The van der Waals surface area contributed by atoms with E-state index in [4.69, 9.17) is 0 Å². The van der Waals surface area contributed by atoms with Crippen LogP contribution >= 0.6 is 0 Å². The molecule has 0 aromatic carbocycles. The van der Waals surface area contributed by atoms with Crippen molar-refractivity contribution in [2.24, 2.45) is 5.92 Å². The second kappa shape index (κ2) is 5.03. The normalized spacial score (nSPS) is 24.6. The molecule has 0 aromatic rings. The van der Waals surface area contributed by atoms with Crippen LogP contribution in [0.25, 0.3) is 0 Å². The van der Waals surface area contributed by atoms with Crippen molar-refractivity contribution in [3.8, 4) is 0 Å². The summed E-state index contributed by atoms with van der Waals surface area (Å²) in [5.41, 5.74) is 1.46. The highest BCUT2D eigenvalue weighted by Crippen LogP contribution is 2.19. The topological polar surface area (TPSA) is 3.24 Å². The SMILES string of the molecule is CC/C=C1/C=CC=CC1CN(C)C. The maximum Gasteiger partial charge on any atom is 0.0145 e. The maximum atomic E-state index is 2.31. The Bertz CT molecular complexity index is 234. The molecular weight excluding hydrogens is 158 g/mol. The highest BCUT2D eigenvalue weighted by atomic mass is 15.1. The molecule has 0 bridgehead atoms. The van der Waals surface area contributed by atoms with Crippen LogP contribution < -0.4 is 0 Å². The van der Waals surface area contributed by atoms with Gasteiger partial charge in [0.2, 0.25) is 0 Å². The van der Waals surface area contributed by atoms with Crippen LogP contribution in [0.1, 0.15) is 13.3 Å². The minimum Gasteiger partial charge on any atom is -0.308 e. The molecule has 1 heteroatoms. The van der Waals surface area contributed by atoms with E-state index in [0.717, 1.165) is 13.0 Å². The molecule has 1 aliphatic carbocycles. The predicted octanol–water partition coefficient (Wildman–Crippen LogP) is 2.63. The van der Waals surface area contributed by atoms with Gasteiger partial charge in [0, 0.05) is 12.5 Å². The van der Waals surface area contributed by atoms with Crippen molar-refractivity contribution < 1.29 is 0 Å². The molecule has 0 fully saturated rings. The molecule has 0 amide bonds. The lowest BCUT2D eigenvalue weighted by Crippen LogP contribution is -2.22. The summed E-state index contributed by atoms with van der Waals surface area (Å²) in [5.74, 6) is 0.583. The zero-order valence-corrected chi connectivity index (χ0v) is 8.83. The van der Waals surface area contributed by atoms with Gasteiger partial charge in [-0.1, -0.05) is 37.3 Å². The van der Waals surface area contributed by atoms with Gasteiger partial charge in [0.05, 0.1) is 0 Å². The summed E-state index contributed by atoms with van der Waals surface area (Å²) in [6.45, 7) is 3.29. The molecule has 0 aromatic heterocycles. The summed E-state index contributed by atoms with van der Waals surface area (Å²) in [6.07, 6.45) is 12.2. The van der Waals surface area contributed by atoms with Crippen molar-refractivity contribution in [3.63, 3.8) is 0 Å². The molecule has 1 atom stereocenters. The van der Waals surface area contributed by atoms with Gasteiger partial charge < -0.3 is 4.90 Å². The molecule has 0 saturated heterocycles. The van der Waals surface area contributed by atoms with Gasteiger partial charge in [-0.15, -0.1) is 0 Å². The summed E-state index contributed by atoms with van der Waals surface area (Å²) in [4.78, 5) is 2.23. The molecule has 0 heterocycles. The zero-order chi connectivity index (χ0) is 9.68. The lowest BCUT2D eigenvalue weighted by molar-refractivity contribution is 0.380. The second-order valence-corrected chi connectivity index (χ2v) is 3.73. The van der Waals surface area contributed by atoms with E-state index in [1.54, 1.807) is 0 Å². The third-order valence-corrected chi connectivity index (χ3v) is 2.17. The van der Waals surface area contributed by atoms with E-state index in [-0.39, 0.29) is 0 Å². The number of nitrogens with zero attached hydrogens (tertiary/aromatic N) is 1. The molecule has 1 nitrogen and oxygen atoms in total. The lowest BCUT2D eigenvalue weighted by Gasteiger charge is -2.21. The van der Waals surface area contributed by atoms with Gasteiger partial charge in [-0.3, -0.25) is 0 Å². The molecule has 1 unspecified atom stereocenters. The Morgan fingerprint density at radius 2 is 2.15 bits per heavy atom. The largest absolute Gasteiger partial charge is 0.308 e. The Kier molecular flexibility index (Phi) is 3.97. The van der Waals surface area contributed by atoms with Crippen molar-refractivity contribution in [1.29, 1.82) is 0 Å². The lowest BCUT2D eigenvalue weighted by atomic mass is 9.93. The van der Waals surface area contributed by atoms with Crippen LogP contribution in [0.4, 0.5) is 0 Å². The second-order valence-electron chi connectivity index (χ2n) is 3.73. The van der Waals surface area contributed by atoms with Crippen molar-refractivity contribution in [2.45, 2.75) is 13.3 Å². The number of hydrogen-bond donors (Lipinski definition) is 0. The Hall–Kier alpha value is -0.820. The Balaban J connectivity index is 2.65. The monoisotopic (exact) mass is 177 g/mol. The van der Waals surface area contributed by atoms with Crippen LogP contribution in [0, 0.1) is 5.92 Å². The Morgan fingerprint density at radius 1 is 1.38 bits per heavy atom. The van der Waals surface area contributed by atoms with E-state index in [2.05, 4.69) is 56.3 Å². The van der Waals surface area contributed by atoms with E-state index in [1.807, 2.05) is 0 Å². The number of rotatable bonds is 3. The van der Waals surface area contributed by atoms with Gasteiger partial charge in [-0.25, -0.2) is 0 Å². The van der Waals surface area contributed by atoms with Gasteiger partial charge in [0.15, 0.2) is 0 Å². The third-order valence-electron chi connectivity index (χ3n) is 2.17. The first-order chi connectivity index (χ1) is 6.24. The maximum absolute atomic E-state index is 2.31. The molecule has 0 saturated carbocycles. The summed E-state index contributed by atoms with van der Waals surface area (Å²) in [7, 11) is 4.24. The molecule has 0 spiro atoms. The fourth-order valence-electron chi connectivity index (χ4n) is 1.61. The predicted molar refractivity (Wildman–Crippen MR) is 58.7 cm³/mol. The van der Waals surface area contributed by atoms with Crippen LogP contribution in [0.2, 0.25) is 0 Å². The van der Waals surface area contributed by atoms with Crippen LogP contribution in [-0.4, -0.2) is 25.5 Å². The van der Waals surface area contributed by atoms with Crippen LogP contribution in [-0.2, 0) is 0 Å². The fraction of sp³-hybridized carbons (Fsp3) is 0.500. The van der Waals surface area contributed by atoms with Crippen LogP contribution in [0.3, 0.4) is 0 Å². The zero-order valence-electron chi connectivity index (χ0n) is 8.83. The van der Waals surface area contributed by atoms with E-state index in [1.165, 1.54) is 5.57 Å². The highest BCUT2D eigenvalue weighted by Gasteiger charge is 2.11. The quantitative estimate of drug-likeness (QED) is 0.640. The van der Waals surface area contributed by atoms with E-state index in [9.17, 15) is 0 Å².